The lowest BCUT2D eigenvalue weighted by molar-refractivity contribution is 0.171. The SMILES string of the molecule is O=C(Nc1ccc2c(c1)OCCO2)N1CCC(c2ccccc2)CC1. The van der Waals surface area contributed by atoms with Crippen molar-refractivity contribution in [2.45, 2.75) is 18.8 Å². The lowest BCUT2D eigenvalue weighted by Crippen LogP contribution is -2.40. The van der Waals surface area contributed by atoms with Crippen molar-refractivity contribution >= 4 is 11.7 Å². The molecular formula is C20H22N2O3. The molecule has 0 bridgehead atoms. The molecule has 0 aliphatic carbocycles. The number of rotatable bonds is 2. The van der Waals surface area contributed by atoms with Crippen LogP contribution in [0.4, 0.5) is 10.5 Å². The van der Waals surface area contributed by atoms with Crippen molar-refractivity contribution in [2.75, 3.05) is 31.6 Å². The van der Waals surface area contributed by atoms with Crippen LogP contribution < -0.4 is 14.8 Å². The molecular weight excluding hydrogens is 316 g/mol. The standard InChI is InChI=1S/C20H22N2O3/c23-20(21-17-6-7-18-19(14-17)25-13-12-24-18)22-10-8-16(9-11-22)15-4-2-1-3-5-15/h1-7,14,16H,8-13H2,(H,21,23). The van der Waals surface area contributed by atoms with Gasteiger partial charge in [0.05, 0.1) is 0 Å². The summed E-state index contributed by atoms with van der Waals surface area (Å²) >= 11 is 0. The highest BCUT2D eigenvalue weighted by molar-refractivity contribution is 5.89. The predicted molar refractivity (Wildman–Crippen MR) is 96.4 cm³/mol. The minimum atomic E-state index is -0.0526. The lowest BCUT2D eigenvalue weighted by Gasteiger charge is -2.32. The third-order valence-electron chi connectivity index (χ3n) is 4.85. The number of likely N-dealkylation sites (tertiary alicyclic amines) is 1. The Labute approximate surface area is 147 Å². The van der Waals surface area contributed by atoms with Crippen LogP contribution >= 0.6 is 0 Å². The van der Waals surface area contributed by atoms with Crippen LogP contribution in [0.3, 0.4) is 0 Å². The Morgan fingerprint density at radius 2 is 1.68 bits per heavy atom. The number of amides is 2. The minimum Gasteiger partial charge on any atom is -0.486 e. The van der Waals surface area contributed by atoms with Crippen LogP contribution in [0, 0.1) is 0 Å². The molecule has 1 saturated heterocycles. The molecule has 1 N–H and O–H groups in total. The van der Waals surface area contributed by atoms with Gasteiger partial charge in [0.25, 0.3) is 0 Å². The molecule has 1 fully saturated rings. The molecule has 0 spiro atoms. The average Bonchev–Trinajstić information content (AvgIpc) is 2.69. The van der Waals surface area contributed by atoms with Gasteiger partial charge in [0.2, 0.25) is 0 Å². The van der Waals surface area contributed by atoms with Gasteiger partial charge in [-0.1, -0.05) is 30.3 Å². The van der Waals surface area contributed by atoms with Gasteiger partial charge in [0, 0.05) is 24.8 Å². The highest BCUT2D eigenvalue weighted by Crippen LogP contribution is 2.33. The zero-order valence-corrected chi connectivity index (χ0v) is 14.1. The predicted octanol–water partition coefficient (Wildman–Crippen LogP) is 3.87. The highest BCUT2D eigenvalue weighted by atomic mass is 16.6. The summed E-state index contributed by atoms with van der Waals surface area (Å²) in [5.41, 5.74) is 2.11. The topological polar surface area (TPSA) is 50.8 Å². The first-order chi connectivity index (χ1) is 12.3. The molecule has 130 valence electrons. The van der Waals surface area contributed by atoms with Crippen LogP contribution in [0.5, 0.6) is 11.5 Å². The van der Waals surface area contributed by atoms with Crippen LogP contribution in [0.1, 0.15) is 24.3 Å². The molecule has 2 aromatic carbocycles. The Morgan fingerprint density at radius 1 is 0.960 bits per heavy atom. The quantitative estimate of drug-likeness (QED) is 0.904. The third kappa shape index (κ3) is 3.55. The van der Waals surface area contributed by atoms with Gasteiger partial charge in [0.1, 0.15) is 13.2 Å². The van der Waals surface area contributed by atoms with Gasteiger partial charge in [-0.05, 0) is 36.5 Å². The van der Waals surface area contributed by atoms with Crippen molar-refractivity contribution in [2.24, 2.45) is 0 Å². The number of nitrogens with zero attached hydrogens (tertiary/aromatic N) is 1. The number of anilines is 1. The lowest BCUT2D eigenvalue weighted by atomic mass is 9.90. The van der Waals surface area contributed by atoms with Gasteiger partial charge in [0.15, 0.2) is 11.5 Å². The number of carbonyl (C=O) groups is 1. The van der Waals surface area contributed by atoms with Crippen LogP contribution in [-0.2, 0) is 0 Å². The van der Waals surface area contributed by atoms with Crippen molar-refractivity contribution in [3.05, 3.63) is 54.1 Å². The number of carbonyl (C=O) groups excluding carboxylic acids is 1. The summed E-state index contributed by atoms with van der Waals surface area (Å²) in [5, 5.41) is 2.97. The Balaban J connectivity index is 1.35. The Bertz CT molecular complexity index is 740. The van der Waals surface area contributed by atoms with E-state index in [0.29, 0.717) is 24.9 Å². The monoisotopic (exact) mass is 338 g/mol. The molecule has 2 heterocycles. The molecule has 2 amide bonds. The fourth-order valence-corrected chi connectivity index (χ4v) is 3.46. The summed E-state index contributed by atoms with van der Waals surface area (Å²) < 4.78 is 11.1. The van der Waals surface area contributed by atoms with E-state index < -0.39 is 0 Å². The Kier molecular flexibility index (Phi) is 4.46. The fraction of sp³-hybridized carbons (Fsp3) is 0.350. The Hall–Kier alpha value is -2.69. The smallest absolute Gasteiger partial charge is 0.321 e. The van der Waals surface area contributed by atoms with E-state index in [9.17, 15) is 4.79 Å². The van der Waals surface area contributed by atoms with E-state index in [-0.39, 0.29) is 6.03 Å². The number of fused-ring (bicyclic) bond motifs is 1. The molecule has 0 atom stereocenters. The van der Waals surface area contributed by atoms with E-state index in [4.69, 9.17) is 9.47 Å². The maximum absolute atomic E-state index is 12.5. The number of piperidine rings is 1. The summed E-state index contributed by atoms with van der Waals surface area (Å²) in [7, 11) is 0. The molecule has 5 nitrogen and oxygen atoms in total. The maximum Gasteiger partial charge on any atom is 0.321 e. The van der Waals surface area contributed by atoms with E-state index in [1.165, 1.54) is 5.56 Å². The van der Waals surface area contributed by atoms with Gasteiger partial charge < -0.3 is 19.7 Å². The number of hydrogen-bond acceptors (Lipinski definition) is 3. The van der Waals surface area contributed by atoms with Crippen LogP contribution in [0.2, 0.25) is 0 Å². The van der Waals surface area contributed by atoms with Gasteiger partial charge >= 0.3 is 6.03 Å². The summed E-state index contributed by atoms with van der Waals surface area (Å²) in [6.45, 7) is 2.65. The van der Waals surface area contributed by atoms with Gasteiger partial charge in [-0.3, -0.25) is 0 Å². The molecule has 25 heavy (non-hydrogen) atoms. The van der Waals surface area contributed by atoms with Crippen LogP contribution in [0.25, 0.3) is 0 Å². The molecule has 0 radical (unpaired) electrons. The van der Waals surface area contributed by atoms with E-state index in [1.807, 2.05) is 29.2 Å². The van der Waals surface area contributed by atoms with Crippen molar-refractivity contribution in [3.63, 3.8) is 0 Å². The summed E-state index contributed by atoms with van der Waals surface area (Å²) in [5.74, 6) is 1.96. The molecule has 0 aromatic heterocycles. The zero-order valence-electron chi connectivity index (χ0n) is 14.1. The van der Waals surface area contributed by atoms with Crippen molar-refractivity contribution in [1.82, 2.24) is 4.90 Å². The van der Waals surface area contributed by atoms with E-state index in [0.717, 1.165) is 37.4 Å². The van der Waals surface area contributed by atoms with E-state index in [2.05, 4.69) is 29.6 Å². The Morgan fingerprint density at radius 3 is 2.44 bits per heavy atom. The number of ether oxygens (including phenoxy) is 2. The molecule has 2 aliphatic heterocycles. The normalized spacial score (nSPS) is 17.2. The highest BCUT2D eigenvalue weighted by Gasteiger charge is 2.24. The maximum atomic E-state index is 12.5. The van der Waals surface area contributed by atoms with Gasteiger partial charge in [-0.25, -0.2) is 4.79 Å². The van der Waals surface area contributed by atoms with E-state index in [1.54, 1.807) is 0 Å². The van der Waals surface area contributed by atoms with Crippen LogP contribution in [-0.4, -0.2) is 37.2 Å². The zero-order chi connectivity index (χ0) is 17.1. The number of hydrogen-bond donors (Lipinski definition) is 1. The second kappa shape index (κ2) is 7.05. The fourth-order valence-electron chi connectivity index (χ4n) is 3.46. The number of nitrogens with one attached hydrogen (secondary N) is 1. The molecule has 0 unspecified atom stereocenters. The first-order valence-electron chi connectivity index (χ1n) is 8.80. The summed E-state index contributed by atoms with van der Waals surface area (Å²) in [6, 6.07) is 16.0. The molecule has 4 rings (SSSR count). The second-order valence-electron chi connectivity index (χ2n) is 6.46. The van der Waals surface area contributed by atoms with Crippen molar-refractivity contribution in [3.8, 4) is 11.5 Å². The molecule has 0 saturated carbocycles. The first-order valence-corrected chi connectivity index (χ1v) is 8.80. The van der Waals surface area contributed by atoms with Crippen LogP contribution in [0.15, 0.2) is 48.5 Å². The summed E-state index contributed by atoms with van der Waals surface area (Å²) in [6.07, 6.45) is 2.00. The molecule has 5 heteroatoms. The first kappa shape index (κ1) is 15.8. The van der Waals surface area contributed by atoms with Gasteiger partial charge in [-0.15, -0.1) is 0 Å². The molecule has 2 aliphatic rings. The van der Waals surface area contributed by atoms with Crippen molar-refractivity contribution < 1.29 is 14.3 Å². The average molecular weight is 338 g/mol. The van der Waals surface area contributed by atoms with E-state index >= 15 is 0 Å². The number of urea groups is 1. The van der Waals surface area contributed by atoms with Gasteiger partial charge in [-0.2, -0.15) is 0 Å². The largest absolute Gasteiger partial charge is 0.486 e. The number of benzene rings is 2. The minimum absolute atomic E-state index is 0.0526. The second-order valence-corrected chi connectivity index (χ2v) is 6.46. The third-order valence-corrected chi connectivity index (χ3v) is 4.85. The molecule has 2 aromatic rings. The summed E-state index contributed by atoms with van der Waals surface area (Å²) in [4.78, 5) is 14.4. The van der Waals surface area contributed by atoms with Crippen molar-refractivity contribution in [1.29, 1.82) is 0 Å².